The van der Waals surface area contributed by atoms with Crippen LogP contribution in [0.4, 0.5) is 0 Å². The number of nitrogens with zero attached hydrogens (tertiary/aromatic N) is 2. The lowest BCUT2D eigenvalue weighted by Crippen LogP contribution is -1.98. The third kappa shape index (κ3) is 3.26. The zero-order valence-electron chi connectivity index (χ0n) is 11.2. The minimum Gasteiger partial charge on any atom is -0.493 e. The highest BCUT2D eigenvalue weighted by molar-refractivity contribution is 5.42. The first-order chi connectivity index (χ1) is 9.26. The Morgan fingerprint density at radius 1 is 1.26 bits per heavy atom. The molecule has 2 rings (SSSR count). The van der Waals surface area contributed by atoms with Crippen molar-refractivity contribution in [1.82, 2.24) is 9.78 Å². The molecular weight excluding hydrogens is 244 g/mol. The van der Waals surface area contributed by atoms with Gasteiger partial charge in [-0.15, -0.1) is 0 Å². The molecule has 102 valence electrons. The Morgan fingerprint density at radius 3 is 2.74 bits per heavy atom. The van der Waals surface area contributed by atoms with Crippen molar-refractivity contribution in [2.24, 2.45) is 0 Å². The Morgan fingerprint density at radius 2 is 2.11 bits per heavy atom. The molecule has 0 radical (unpaired) electrons. The standard InChI is InChI=1S/C14H18N2O3/c1-3-16-8-12(7-15-16)10-19-13-5-4-11(9-17)6-14(13)18-2/h4-8,17H,3,9-10H2,1-2H3. The van der Waals surface area contributed by atoms with Gasteiger partial charge in [0.05, 0.1) is 19.9 Å². The number of rotatable bonds is 6. The van der Waals surface area contributed by atoms with Crippen molar-refractivity contribution in [2.45, 2.75) is 26.7 Å². The topological polar surface area (TPSA) is 56.5 Å². The lowest BCUT2D eigenvalue weighted by Gasteiger charge is -2.10. The molecule has 0 aliphatic heterocycles. The molecule has 0 saturated carbocycles. The summed E-state index contributed by atoms with van der Waals surface area (Å²) in [6, 6.07) is 5.38. The van der Waals surface area contributed by atoms with Crippen LogP contribution >= 0.6 is 0 Å². The van der Waals surface area contributed by atoms with Crippen molar-refractivity contribution in [1.29, 1.82) is 0 Å². The maximum Gasteiger partial charge on any atom is 0.161 e. The van der Waals surface area contributed by atoms with Crippen LogP contribution in [0.5, 0.6) is 11.5 Å². The fraction of sp³-hybridized carbons (Fsp3) is 0.357. The van der Waals surface area contributed by atoms with Crippen molar-refractivity contribution in [3.8, 4) is 11.5 Å². The van der Waals surface area contributed by atoms with Gasteiger partial charge in [-0.25, -0.2) is 0 Å². The average Bonchev–Trinajstić information content (AvgIpc) is 2.92. The van der Waals surface area contributed by atoms with Crippen LogP contribution in [0, 0.1) is 0 Å². The van der Waals surface area contributed by atoms with Crippen LogP contribution in [0.1, 0.15) is 18.1 Å². The van der Waals surface area contributed by atoms with Gasteiger partial charge < -0.3 is 14.6 Å². The molecule has 1 aromatic carbocycles. The third-order valence-corrected chi connectivity index (χ3v) is 2.82. The van der Waals surface area contributed by atoms with Gasteiger partial charge in [-0.1, -0.05) is 6.07 Å². The van der Waals surface area contributed by atoms with Crippen LogP contribution in [-0.2, 0) is 19.8 Å². The SMILES string of the molecule is CCn1cc(COc2ccc(CO)cc2OC)cn1. The Labute approximate surface area is 112 Å². The van der Waals surface area contributed by atoms with Crippen LogP contribution < -0.4 is 9.47 Å². The van der Waals surface area contributed by atoms with Gasteiger partial charge in [0.15, 0.2) is 11.5 Å². The van der Waals surface area contributed by atoms with Crippen LogP contribution in [0.15, 0.2) is 30.6 Å². The van der Waals surface area contributed by atoms with Gasteiger partial charge in [0.25, 0.3) is 0 Å². The third-order valence-electron chi connectivity index (χ3n) is 2.82. The first-order valence-electron chi connectivity index (χ1n) is 6.18. The predicted octanol–water partition coefficient (Wildman–Crippen LogP) is 1.98. The first-order valence-corrected chi connectivity index (χ1v) is 6.18. The highest BCUT2D eigenvalue weighted by Gasteiger charge is 2.06. The molecule has 0 aliphatic carbocycles. The van der Waals surface area contributed by atoms with E-state index in [1.54, 1.807) is 25.4 Å². The van der Waals surface area contributed by atoms with E-state index < -0.39 is 0 Å². The smallest absolute Gasteiger partial charge is 0.161 e. The van der Waals surface area contributed by atoms with E-state index in [4.69, 9.17) is 14.6 Å². The molecule has 0 unspecified atom stereocenters. The zero-order chi connectivity index (χ0) is 13.7. The van der Waals surface area contributed by atoms with E-state index in [2.05, 4.69) is 5.10 Å². The normalized spacial score (nSPS) is 10.5. The van der Waals surface area contributed by atoms with Gasteiger partial charge in [-0.05, 0) is 24.6 Å². The zero-order valence-corrected chi connectivity index (χ0v) is 11.2. The van der Waals surface area contributed by atoms with Gasteiger partial charge in [0.1, 0.15) is 6.61 Å². The Balaban J connectivity index is 2.06. The second kappa shape index (κ2) is 6.24. The maximum absolute atomic E-state index is 9.08. The largest absolute Gasteiger partial charge is 0.493 e. The van der Waals surface area contributed by atoms with E-state index in [1.165, 1.54) is 0 Å². The number of aryl methyl sites for hydroxylation is 1. The minimum absolute atomic E-state index is 0.0140. The molecule has 0 aliphatic rings. The number of benzene rings is 1. The number of methoxy groups -OCH3 is 1. The molecule has 19 heavy (non-hydrogen) atoms. The summed E-state index contributed by atoms with van der Waals surface area (Å²) in [5.74, 6) is 1.28. The van der Waals surface area contributed by atoms with Gasteiger partial charge in [0.2, 0.25) is 0 Å². The van der Waals surface area contributed by atoms with E-state index in [9.17, 15) is 0 Å². The summed E-state index contributed by atoms with van der Waals surface area (Å²) in [5.41, 5.74) is 1.80. The molecule has 0 bridgehead atoms. The number of hydrogen-bond donors (Lipinski definition) is 1. The first kappa shape index (κ1) is 13.4. The van der Waals surface area contributed by atoms with Crippen molar-refractivity contribution in [3.63, 3.8) is 0 Å². The maximum atomic E-state index is 9.08. The van der Waals surface area contributed by atoms with Crippen molar-refractivity contribution >= 4 is 0 Å². The molecule has 0 saturated heterocycles. The van der Waals surface area contributed by atoms with E-state index in [0.29, 0.717) is 18.1 Å². The van der Waals surface area contributed by atoms with Crippen molar-refractivity contribution in [2.75, 3.05) is 7.11 Å². The minimum atomic E-state index is -0.0140. The summed E-state index contributed by atoms with van der Waals surface area (Å²) in [6.45, 7) is 3.30. The summed E-state index contributed by atoms with van der Waals surface area (Å²) < 4.78 is 12.8. The summed E-state index contributed by atoms with van der Waals surface area (Å²) in [4.78, 5) is 0. The van der Waals surface area contributed by atoms with E-state index >= 15 is 0 Å². The molecular formula is C14H18N2O3. The Hall–Kier alpha value is -2.01. The molecule has 0 atom stereocenters. The van der Waals surface area contributed by atoms with Gasteiger partial charge in [-0.2, -0.15) is 5.10 Å². The number of hydrogen-bond acceptors (Lipinski definition) is 4. The fourth-order valence-corrected chi connectivity index (χ4v) is 1.74. The average molecular weight is 262 g/mol. The number of aromatic nitrogens is 2. The number of aliphatic hydroxyl groups excluding tert-OH is 1. The van der Waals surface area contributed by atoms with Crippen LogP contribution in [0.2, 0.25) is 0 Å². The monoisotopic (exact) mass is 262 g/mol. The molecule has 0 fully saturated rings. The van der Waals surface area contributed by atoms with E-state index in [-0.39, 0.29) is 6.61 Å². The van der Waals surface area contributed by atoms with Crippen LogP contribution in [-0.4, -0.2) is 22.0 Å². The molecule has 0 amide bonds. The molecule has 5 nitrogen and oxygen atoms in total. The lowest BCUT2D eigenvalue weighted by atomic mass is 10.2. The quantitative estimate of drug-likeness (QED) is 0.865. The van der Waals surface area contributed by atoms with Gasteiger partial charge in [0, 0.05) is 18.3 Å². The number of ether oxygens (including phenoxy) is 2. The fourth-order valence-electron chi connectivity index (χ4n) is 1.74. The second-order valence-corrected chi connectivity index (χ2v) is 4.14. The second-order valence-electron chi connectivity index (χ2n) is 4.14. The van der Waals surface area contributed by atoms with E-state index in [0.717, 1.165) is 17.7 Å². The predicted molar refractivity (Wildman–Crippen MR) is 71.1 cm³/mol. The summed E-state index contributed by atoms with van der Waals surface area (Å²) in [5, 5.41) is 13.3. The highest BCUT2D eigenvalue weighted by atomic mass is 16.5. The molecule has 0 spiro atoms. The molecule has 2 aromatic rings. The summed E-state index contributed by atoms with van der Waals surface area (Å²) in [6.07, 6.45) is 3.74. The lowest BCUT2D eigenvalue weighted by molar-refractivity contribution is 0.274. The van der Waals surface area contributed by atoms with E-state index in [1.807, 2.05) is 23.9 Å². The Bertz CT molecular complexity index is 537. The van der Waals surface area contributed by atoms with Crippen LogP contribution in [0.3, 0.4) is 0 Å². The van der Waals surface area contributed by atoms with Gasteiger partial charge in [-0.3, -0.25) is 4.68 Å². The summed E-state index contributed by atoms with van der Waals surface area (Å²) >= 11 is 0. The summed E-state index contributed by atoms with van der Waals surface area (Å²) in [7, 11) is 1.58. The number of aliphatic hydroxyl groups is 1. The molecule has 1 heterocycles. The molecule has 1 aromatic heterocycles. The molecule has 5 heteroatoms. The van der Waals surface area contributed by atoms with Crippen molar-refractivity contribution < 1.29 is 14.6 Å². The highest BCUT2D eigenvalue weighted by Crippen LogP contribution is 2.28. The molecule has 1 N–H and O–H groups in total. The Kier molecular flexibility index (Phi) is 4.41. The van der Waals surface area contributed by atoms with Crippen LogP contribution in [0.25, 0.3) is 0 Å². The van der Waals surface area contributed by atoms with Crippen molar-refractivity contribution in [3.05, 3.63) is 41.7 Å². The van der Waals surface area contributed by atoms with Gasteiger partial charge >= 0.3 is 0 Å².